The Morgan fingerprint density at radius 1 is 0.935 bits per heavy atom. The van der Waals surface area contributed by atoms with Crippen LogP contribution in [0.2, 0.25) is 0 Å². The summed E-state index contributed by atoms with van der Waals surface area (Å²) in [6.45, 7) is 9.56. The average Bonchev–Trinajstić information content (AvgIpc) is 2.79. The third kappa shape index (κ3) is 6.90. The molecule has 8 heteroatoms. The number of amides is 2. The number of rotatable bonds is 10. The van der Waals surface area contributed by atoms with Crippen molar-refractivity contribution in [1.29, 1.82) is 0 Å². The first kappa shape index (κ1) is 23.0. The van der Waals surface area contributed by atoms with Crippen LogP contribution in [0.3, 0.4) is 0 Å². The molecule has 1 aromatic carbocycles. The van der Waals surface area contributed by atoms with E-state index in [9.17, 15) is 14.4 Å². The van der Waals surface area contributed by atoms with Crippen molar-refractivity contribution in [2.24, 2.45) is 0 Å². The zero-order valence-electron chi connectivity index (χ0n) is 18.3. The van der Waals surface area contributed by atoms with Gasteiger partial charge in [-0.15, -0.1) is 0 Å². The fourth-order valence-corrected chi connectivity index (χ4v) is 3.83. The molecule has 1 saturated heterocycles. The lowest BCUT2D eigenvalue weighted by molar-refractivity contribution is -0.122. The molecule has 2 amide bonds. The first-order chi connectivity index (χ1) is 15.1. The number of hydrogen-bond acceptors (Lipinski definition) is 5. The van der Waals surface area contributed by atoms with Crippen LogP contribution in [-0.2, 0) is 16.1 Å². The second-order valence-electron chi connectivity index (χ2n) is 7.92. The zero-order chi connectivity index (χ0) is 22.1. The molecule has 1 aliphatic rings. The second-order valence-corrected chi connectivity index (χ2v) is 7.92. The van der Waals surface area contributed by atoms with Crippen molar-refractivity contribution in [2.45, 2.75) is 26.3 Å². The van der Waals surface area contributed by atoms with Crippen molar-refractivity contribution in [1.82, 2.24) is 25.0 Å². The number of nitrogens with zero attached hydrogens (tertiary/aromatic N) is 3. The molecule has 2 aromatic rings. The molecular weight excluding hydrogens is 394 g/mol. The Balaban J connectivity index is 1.29. The lowest BCUT2D eigenvalue weighted by Gasteiger charge is -2.33. The summed E-state index contributed by atoms with van der Waals surface area (Å²) in [5.74, 6) is -0.352. The highest BCUT2D eigenvalue weighted by Gasteiger charge is 2.14. The Bertz CT molecular complexity index is 934. The van der Waals surface area contributed by atoms with Gasteiger partial charge in [-0.3, -0.25) is 14.4 Å². The molecule has 168 valence electrons. The number of aromatic nitrogens is 1. The van der Waals surface area contributed by atoms with Gasteiger partial charge in [-0.05, 0) is 37.0 Å². The number of fused-ring (bicyclic) bond motifs is 1. The SMILES string of the molecule is CCN1CCN(CCCNC(=O)CCNC(=O)Cn2ccc3ccccc3c2=O)CC1. The zero-order valence-corrected chi connectivity index (χ0v) is 18.3. The van der Waals surface area contributed by atoms with Crippen LogP contribution in [0.5, 0.6) is 0 Å². The van der Waals surface area contributed by atoms with E-state index in [-0.39, 0.29) is 36.9 Å². The van der Waals surface area contributed by atoms with Crippen molar-refractivity contribution >= 4 is 22.6 Å². The van der Waals surface area contributed by atoms with E-state index in [4.69, 9.17) is 0 Å². The molecule has 8 nitrogen and oxygen atoms in total. The third-order valence-corrected chi connectivity index (χ3v) is 5.76. The Morgan fingerprint density at radius 3 is 2.42 bits per heavy atom. The van der Waals surface area contributed by atoms with Gasteiger partial charge >= 0.3 is 0 Å². The molecule has 0 aliphatic carbocycles. The van der Waals surface area contributed by atoms with Crippen molar-refractivity contribution in [2.75, 3.05) is 52.4 Å². The van der Waals surface area contributed by atoms with Crippen LogP contribution in [0.15, 0.2) is 41.3 Å². The fourth-order valence-electron chi connectivity index (χ4n) is 3.83. The Labute approximate surface area is 183 Å². The van der Waals surface area contributed by atoms with Gasteiger partial charge in [-0.2, -0.15) is 0 Å². The van der Waals surface area contributed by atoms with Gasteiger partial charge in [0, 0.05) is 57.3 Å². The van der Waals surface area contributed by atoms with Gasteiger partial charge in [-0.25, -0.2) is 0 Å². The molecule has 0 radical (unpaired) electrons. The van der Waals surface area contributed by atoms with Gasteiger partial charge in [-0.1, -0.05) is 25.1 Å². The van der Waals surface area contributed by atoms with E-state index in [0.29, 0.717) is 11.9 Å². The van der Waals surface area contributed by atoms with Crippen molar-refractivity contribution in [3.05, 3.63) is 46.9 Å². The smallest absolute Gasteiger partial charge is 0.258 e. The lowest BCUT2D eigenvalue weighted by Crippen LogP contribution is -2.46. The number of carbonyl (C=O) groups excluding carboxylic acids is 2. The summed E-state index contributed by atoms with van der Waals surface area (Å²) in [4.78, 5) is 41.5. The summed E-state index contributed by atoms with van der Waals surface area (Å²) in [5, 5.41) is 7.07. The molecule has 1 fully saturated rings. The van der Waals surface area contributed by atoms with Crippen molar-refractivity contribution in [3.63, 3.8) is 0 Å². The topological polar surface area (TPSA) is 86.7 Å². The predicted molar refractivity (Wildman–Crippen MR) is 122 cm³/mol. The van der Waals surface area contributed by atoms with Gasteiger partial charge in [0.1, 0.15) is 6.54 Å². The number of carbonyl (C=O) groups is 2. The van der Waals surface area contributed by atoms with E-state index in [1.54, 1.807) is 18.3 Å². The second kappa shape index (κ2) is 11.6. The van der Waals surface area contributed by atoms with E-state index in [2.05, 4.69) is 27.4 Å². The predicted octanol–water partition coefficient (Wildman–Crippen LogP) is 0.652. The maximum atomic E-state index is 12.5. The first-order valence-corrected chi connectivity index (χ1v) is 11.1. The third-order valence-electron chi connectivity index (χ3n) is 5.76. The molecule has 2 heterocycles. The molecule has 0 atom stereocenters. The van der Waals surface area contributed by atoms with Gasteiger partial charge in [0.2, 0.25) is 11.8 Å². The summed E-state index contributed by atoms with van der Waals surface area (Å²) in [6.07, 6.45) is 2.78. The number of piperazine rings is 1. The van der Waals surface area contributed by atoms with Crippen LogP contribution in [0.1, 0.15) is 19.8 Å². The monoisotopic (exact) mass is 427 g/mol. The average molecular weight is 428 g/mol. The summed E-state index contributed by atoms with van der Waals surface area (Å²) in [7, 11) is 0. The molecule has 2 N–H and O–H groups in total. The van der Waals surface area contributed by atoms with Crippen LogP contribution in [0.4, 0.5) is 0 Å². The van der Waals surface area contributed by atoms with Crippen molar-refractivity contribution in [3.8, 4) is 0 Å². The maximum Gasteiger partial charge on any atom is 0.258 e. The van der Waals surface area contributed by atoms with E-state index in [1.807, 2.05) is 18.2 Å². The minimum atomic E-state index is -0.281. The molecule has 1 aromatic heterocycles. The lowest BCUT2D eigenvalue weighted by atomic mass is 10.2. The molecule has 0 bridgehead atoms. The summed E-state index contributed by atoms with van der Waals surface area (Å²) >= 11 is 0. The largest absolute Gasteiger partial charge is 0.356 e. The minimum Gasteiger partial charge on any atom is -0.356 e. The Morgan fingerprint density at radius 2 is 1.65 bits per heavy atom. The Kier molecular flexibility index (Phi) is 8.61. The highest BCUT2D eigenvalue weighted by atomic mass is 16.2. The van der Waals surface area contributed by atoms with E-state index >= 15 is 0 Å². The van der Waals surface area contributed by atoms with Crippen LogP contribution < -0.4 is 16.2 Å². The van der Waals surface area contributed by atoms with Gasteiger partial charge in [0.15, 0.2) is 0 Å². The van der Waals surface area contributed by atoms with Crippen LogP contribution in [0, 0.1) is 0 Å². The van der Waals surface area contributed by atoms with Gasteiger partial charge in [0.25, 0.3) is 5.56 Å². The van der Waals surface area contributed by atoms with Gasteiger partial charge < -0.3 is 25.0 Å². The summed E-state index contributed by atoms with van der Waals surface area (Å²) < 4.78 is 1.39. The Hall–Kier alpha value is -2.71. The molecule has 0 spiro atoms. The standard InChI is InChI=1S/C23H33N5O3/c1-2-26-14-16-27(17-15-26)12-5-10-24-21(29)8-11-25-22(30)18-28-13-9-19-6-3-4-7-20(19)23(28)31/h3-4,6-7,9,13H,2,5,8,10-12,14-18H2,1H3,(H,24,29)(H,25,30). The molecule has 0 saturated carbocycles. The quantitative estimate of drug-likeness (QED) is 0.544. The molecule has 1 aliphatic heterocycles. The van der Waals surface area contributed by atoms with Crippen LogP contribution >= 0.6 is 0 Å². The molecule has 31 heavy (non-hydrogen) atoms. The van der Waals surface area contributed by atoms with Gasteiger partial charge in [0.05, 0.1) is 0 Å². The minimum absolute atomic E-state index is 0.0589. The van der Waals surface area contributed by atoms with Crippen LogP contribution in [0.25, 0.3) is 10.8 Å². The molecule has 0 unspecified atom stereocenters. The number of benzene rings is 1. The summed E-state index contributed by atoms with van der Waals surface area (Å²) in [5.41, 5.74) is -0.192. The van der Waals surface area contributed by atoms with E-state index < -0.39 is 0 Å². The highest BCUT2D eigenvalue weighted by molar-refractivity contribution is 5.82. The number of pyridine rings is 1. The van der Waals surface area contributed by atoms with E-state index in [0.717, 1.165) is 51.1 Å². The number of hydrogen-bond donors (Lipinski definition) is 2. The fraction of sp³-hybridized carbons (Fsp3) is 0.522. The van der Waals surface area contributed by atoms with E-state index in [1.165, 1.54) is 4.57 Å². The highest BCUT2D eigenvalue weighted by Crippen LogP contribution is 2.07. The molecule has 3 rings (SSSR count). The summed E-state index contributed by atoms with van der Waals surface area (Å²) in [6, 6.07) is 9.12. The first-order valence-electron chi connectivity index (χ1n) is 11.1. The maximum absolute atomic E-state index is 12.5. The number of nitrogens with one attached hydrogen (secondary N) is 2. The van der Waals surface area contributed by atoms with Crippen molar-refractivity contribution < 1.29 is 9.59 Å². The van der Waals surface area contributed by atoms with Crippen LogP contribution in [-0.4, -0.2) is 78.5 Å². The number of likely N-dealkylation sites (N-methyl/N-ethyl adjacent to an activating group) is 1. The molecular formula is C23H33N5O3. The normalized spacial score (nSPS) is 15.1.